The Balaban J connectivity index is 1.70. The molecule has 120 valence electrons. The number of aromatic nitrogens is 1. The zero-order valence-electron chi connectivity index (χ0n) is 12.7. The Bertz CT molecular complexity index is 745. The summed E-state index contributed by atoms with van der Waals surface area (Å²) in [7, 11) is 0. The predicted molar refractivity (Wildman–Crippen MR) is 81.8 cm³/mol. The van der Waals surface area contributed by atoms with Crippen LogP contribution in [0.4, 0.5) is 5.82 Å². The highest BCUT2D eigenvalue weighted by molar-refractivity contribution is 6.06. The molecule has 3 aliphatic rings. The molecule has 2 fully saturated rings. The number of anilines is 1. The predicted octanol–water partition coefficient (Wildman–Crippen LogP) is -0.0878. The van der Waals surface area contributed by atoms with Crippen molar-refractivity contribution in [3.63, 3.8) is 0 Å². The van der Waals surface area contributed by atoms with Crippen LogP contribution in [0.25, 0.3) is 0 Å². The Labute approximate surface area is 133 Å². The molecule has 0 saturated carbocycles. The lowest BCUT2D eigenvalue weighted by molar-refractivity contribution is -0.127. The van der Waals surface area contributed by atoms with Gasteiger partial charge in [-0.25, -0.2) is 4.98 Å². The Morgan fingerprint density at radius 1 is 1.35 bits per heavy atom. The van der Waals surface area contributed by atoms with Crippen LogP contribution < -0.4 is 16.0 Å². The number of rotatable bonds is 2. The van der Waals surface area contributed by atoms with Crippen LogP contribution in [0.15, 0.2) is 6.07 Å². The molecule has 7 nitrogen and oxygen atoms in total. The molecule has 3 amide bonds. The van der Waals surface area contributed by atoms with E-state index >= 15 is 0 Å². The largest absolute Gasteiger partial charge is 0.365 e. The minimum atomic E-state index is -0.688. The number of nitrogens with two attached hydrogens (primary N) is 1. The maximum absolute atomic E-state index is 12.1. The van der Waals surface area contributed by atoms with Gasteiger partial charge in [-0.05, 0) is 37.3 Å². The molecule has 1 aromatic rings. The van der Waals surface area contributed by atoms with E-state index in [1.54, 1.807) is 0 Å². The monoisotopic (exact) mass is 314 g/mol. The van der Waals surface area contributed by atoms with Crippen LogP contribution in [0.1, 0.15) is 40.9 Å². The van der Waals surface area contributed by atoms with Crippen LogP contribution >= 0.6 is 0 Å². The smallest absolute Gasteiger partial charge is 0.252 e. The van der Waals surface area contributed by atoms with Crippen molar-refractivity contribution in [2.75, 3.05) is 18.0 Å². The Kier molecular flexibility index (Phi) is 2.94. The molecule has 1 unspecified atom stereocenters. The van der Waals surface area contributed by atoms with Crippen LogP contribution in [0.5, 0.6) is 0 Å². The summed E-state index contributed by atoms with van der Waals surface area (Å²) >= 11 is 0. The van der Waals surface area contributed by atoms with E-state index in [0.717, 1.165) is 30.5 Å². The number of amides is 3. The van der Waals surface area contributed by atoms with Gasteiger partial charge >= 0.3 is 0 Å². The lowest BCUT2D eigenvalue weighted by atomic mass is 9.85. The number of pyridine rings is 1. The fourth-order valence-electron chi connectivity index (χ4n) is 3.96. The highest BCUT2D eigenvalue weighted by Crippen LogP contribution is 2.40. The highest BCUT2D eigenvalue weighted by atomic mass is 16.2. The Morgan fingerprint density at radius 2 is 2.17 bits per heavy atom. The summed E-state index contributed by atoms with van der Waals surface area (Å²) in [6.07, 6.45) is 3.65. The van der Waals surface area contributed by atoms with E-state index in [1.807, 2.05) is 11.0 Å². The van der Waals surface area contributed by atoms with Crippen LogP contribution in [-0.4, -0.2) is 35.8 Å². The fourth-order valence-corrected chi connectivity index (χ4v) is 3.96. The summed E-state index contributed by atoms with van der Waals surface area (Å²) < 4.78 is 0. The van der Waals surface area contributed by atoms with Gasteiger partial charge in [0.1, 0.15) is 5.82 Å². The number of imide groups is 1. The van der Waals surface area contributed by atoms with E-state index < -0.39 is 11.3 Å². The van der Waals surface area contributed by atoms with Crippen molar-refractivity contribution in [2.45, 2.75) is 32.1 Å². The molecular formula is C16H18N4O3. The van der Waals surface area contributed by atoms with Crippen molar-refractivity contribution in [3.05, 3.63) is 22.9 Å². The number of hydrogen-bond donors (Lipinski definition) is 2. The second kappa shape index (κ2) is 4.78. The quantitative estimate of drug-likeness (QED) is 0.742. The van der Waals surface area contributed by atoms with Crippen LogP contribution in [0.3, 0.4) is 0 Å². The Morgan fingerprint density at radius 3 is 2.87 bits per heavy atom. The van der Waals surface area contributed by atoms with Gasteiger partial charge in [0.25, 0.3) is 5.91 Å². The first-order chi connectivity index (χ1) is 11.0. The van der Waals surface area contributed by atoms with Crippen molar-refractivity contribution in [1.82, 2.24) is 10.3 Å². The minimum absolute atomic E-state index is 0.208. The molecule has 4 rings (SSSR count). The number of aryl methyl sites for hydroxylation is 2. The summed E-state index contributed by atoms with van der Waals surface area (Å²) in [5.41, 5.74) is 7.35. The number of carbonyl (C=O) groups is 3. The molecule has 0 radical (unpaired) electrons. The second-order valence-corrected chi connectivity index (χ2v) is 6.69. The fraction of sp³-hybridized carbons (Fsp3) is 0.500. The van der Waals surface area contributed by atoms with E-state index in [0.29, 0.717) is 30.9 Å². The SMILES string of the molecule is NC(=O)c1cc2c(nc1N1CCC3(CC(=O)NC3=O)C1)CCC2. The van der Waals surface area contributed by atoms with Gasteiger partial charge in [-0.15, -0.1) is 0 Å². The summed E-state index contributed by atoms with van der Waals surface area (Å²) in [5, 5.41) is 2.38. The van der Waals surface area contributed by atoms with E-state index in [9.17, 15) is 14.4 Å². The first-order valence-corrected chi connectivity index (χ1v) is 7.90. The molecule has 7 heteroatoms. The summed E-state index contributed by atoms with van der Waals surface area (Å²) in [6.45, 7) is 0.989. The van der Waals surface area contributed by atoms with Gasteiger partial charge in [0.15, 0.2) is 0 Å². The number of carbonyl (C=O) groups excluding carboxylic acids is 3. The summed E-state index contributed by atoms with van der Waals surface area (Å²) in [5.74, 6) is -0.391. The van der Waals surface area contributed by atoms with Crippen molar-refractivity contribution in [3.8, 4) is 0 Å². The van der Waals surface area contributed by atoms with E-state index in [1.165, 1.54) is 0 Å². The lowest BCUT2D eigenvalue weighted by Gasteiger charge is -2.23. The number of nitrogens with one attached hydrogen (secondary N) is 1. The summed E-state index contributed by atoms with van der Waals surface area (Å²) in [6, 6.07) is 1.85. The number of primary amides is 1. The number of fused-ring (bicyclic) bond motifs is 1. The average Bonchev–Trinajstić information content (AvgIpc) is 3.17. The highest BCUT2D eigenvalue weighted by Gasteiger charge is 2.51. The minimum Gasteiger partial charge on any atom is -0.365 e. The van der Waals surface area contributed by atoms with Crippen molar-refractivity contribution in [2.24, 2.45) is 11.1 Å². The van der Waals surface area contributed by atoms with Crippen LogP contribution in [0, 0.1) is 5.41 Å². The van der Waals surface area contributed by atoms with Crippen LogP contribution in [-0.2, 0) is 22.4 Å². The first kappa shape index (κ1) is 14.2. The normalized spacial score (nSPS) is 26.0. The van der Waals surface area contributed by atoms with Crippen molar-refractivity contribution < 1.29 is 14.4 Å². The molecule has 0 bridgehead atoms. The molecule has 1 aromatic heterocycles. The zero-order valence-corrected chi connectivity index (χ0v) is 12.7. The third-order valence-electron chi connectivity index (χ3n) is 5.18. The van der Waals surface area contributed by atoms with E-state index in [-0.39, 0.29) is 18.2 Å². The van der Waals surface area contributed by atoms with Gasteiger partial charge in [0.05, 0.1) is 11.0 Å². The van der Waals surface area contributed by atoms with Crippen LogP contribution in [0.2, 0.25) is 0 Å². The number of hydrogen-bond acceptors (Lipinski definition) is 5. The lowest BCUT2D eigenvalue weighted by Crippen LogP contribution is -2.35. The molecular weight excluding hydrogens is 296 g/mol. The van der Waals surface area contributed by atoms with E-state index in [2.05, 4.69) is 10.3 Å². The Hall–Kier alpha value is -2.44. The van der Waals surface area contributed by atoms with Gasteiger partial charge in [0, 0.05) is 25.2 Å². The van der Waals surface area contributed by atoms with E-state index in [4.69, 9.17) is 5.73 Å². The zero-order chi connectivity index (χ0) is 16.2. The maximum atomic E-state index is 12.1. The van der Waals surface area contributed by atoms with Gasteiger partial charge in [-0.2, -0.15) is 0 Å². The van der Waals surface area contributed by atoms with Gasteiger partial charge in [-0.1, -0.05) is 0 Å². The van der Waals surface area contributed by atoms with Gasteiger partial charge < -0.3 is 10.6 Å². The molecule has 2 saturated heterocycles. The molecule has 1 atom stereocenters. The molecule has 23 heavy (non-hydrogen) atoms. The van der Waals surface area contributed by atoms with Gasteiger partial charge in [-0.3, -0.25) is 19.7 Å². The second-order valence-electron chi connectivity index (χ2n) is 6.69. The van der Waals surface area contributed by atoms with Crippen molar-refractivity contribution >= 4 is 23.5 Å². The average molecular weight is 314 g/mol. The third-order valence-corrected chi connectivity index (χ3v) is 5.18. The maximum Gasteiger partial charge on any atom is 0.252 e. The topological polar surface area (TPSA) is 105 Å². The molecule has 1 spiro atoms. The standard InChI is InChI=1S/C16H18N4O3/c17-13(22)10-6-9-2-1-3-11(9)18-14(10)20-5-4-16(8-20)7-12(21)19-15(16)23/h6H,1-5,7-8H2,(H2,17,22)(H,19,21,23). The number of nitrogens with zero attached hydrogens (tertiary/aromatic N) is 2. The van der Waals surface area contributed by atoms with Gasteiger partial charge in [0.2, 0.25) is 11.8 Å². The molecule has 1 aliphatic carbocycles. The molecule has 3 N–H and O–H groups in total. The molecule has 2 aliphatic heterocycles. The van der Waals surface area contributed by atoms with Crippen molar-refractivity contribution in [1.29, 1.82) is 0 Å². The first-order valence-electron chi connectivity index (χ1n) is 7.90. The summed E-state index contributed by atoms with van der Waals surface area (Å²) in [4.78, 5) is 42.1. The molecule has 0 aromatic carbocycles. The third kappa shape index (κ3) is 2.10. The molecule has 3 heterocycles.